The molecule has 0 radical (unpaired) electrons. The van der Waals surface area contributed by atoms with Crippen molar-refractivity contribution in [1.29, 1.82) is 5.26 Å². The average Bonchev–Trinajstić information content (AvgIpc) is 3.49. The Hall–Kier alpha value is -2.75. The second kappa shape index (κ2) is 22.7. The molecule has 5 rings (SSSR count). The number of carbonyl (C=O) groups is 1. The van der Waals surface area contributed by atoms with Crippen molar-refractivity contribution in [2.45, 2.75) is 73.3 Å². The molecule has 236 valence electrons. The fourth-order valence-electron chi connectivity index (χ4n) is 4.97. The lowest BCUT2D eigenvalue weighted by atomic mass is 10.0. The maximum Gasteiger partial charge on any atom is 0.149 e. The number of likely N-dealkylation sites (tertiary alicyclic amines) is 1. The fourth-order valence-corrected chi connectivity index (χ4v) is 5.25. The van der Waals surface area contributed by atoms with Crippen molar-refractivity contribution in [3.05, 3.63) is 93.5 Å². The van der Waals surface area contributed by atoms with E-state index in [2.05, 4.69) is 68.0 Å². The van der Waals surface area contributed by atoms with Crippen molar-refractivity contribution < 1.29 is 9.53 Å². The summed E-state index contributed by atoms with van der Waals surface area (Å²) in [7, 11) is 2.20. The molecule has 6 heteroatoms. The summed E-state index contributed by atoms with van der Waals surface area (Å²) in [4.78, 5) is 15.3. The predicted octanol–water partition coefficient (Wildman–Crippen LogP) is 8.22. The zero-order valence-corrected chi connectivity index (χ0v) is 28.4. The number of halogens is 1. The summed E-state index contributed by atoms with van der Waals surface area (Å²) < 4.78 is 5.30. The van der Waals surface area contributed by atoms with Crippen molar-refractivity contribution >= 4 is 17.9 Å². The lowest BCUT2D eigenvalue weighted by molar-refractivity contribution is -0.104. The summed E-state index contributed by atoms with van der Waals surface area (Å²) in [6.45, 7) is 18.9. The minimum Gasteiger partial charge on any atom is -0.379 e. The van der Waals surface area contributed by atoms with Gasteiger partial charge in [0.1, 0.15) is 12.4 Å². The Morgan fingerprint density at radius 2 is 1.77 bits per heavy atom. The van der Waals surface area contributed by atoms with Gasteiger partial charge in [0, 0.05) is 31.2 Å². The maximum atomic E-state index is 10.5. The molecule has 43 heavy (non-hydrogen) atoms. The first-order valence-electron chi connectivity index (χ1n) is 15.9. The first-order chi connectivity index (χ1) is 20.8. The van der Waals surface area contributed by atoms with Crippen LogP contribution in [0.25, 0.3) is 0 Å². The summed E-state index contributed by atoms with van der Waals surface area (Å²) in [5.74, 6) is 1.000. The molecule has 0 saturated carbocycles. The molecule has 5 nitrogen and oxygen atoms in total. The van der Waals surface area contributed by atoms with Crippen LogP contribution in [0.4, 0.5) is 0 Å². The largest absolute Gasteiger partial charge is 0.379 e. The van der Waals surface area contributed by atoms with Crippen LogP contribution in [0.5, 0.6) is 0 Å². The second-order valence-electron chi connectivity index (χ2n) is 10.8. The van der Waals surface area contributed by atoms with E-state index in [0.717, 1.165) is 62.5 Å². The quantitative estimate of drug-likeness (QED) is 0.328. The standard InChI is InChI=1S/C11H15NO2.C9H12.C8H6ClN.C7H15N.C2H6/c13-9-10-1-3-11(4-2-10)12-5-7-14-8-6-12;1-3-9-7-5-4-6-8(9)2;1-6-2-3-7(5-10)8(9)4-6;1-3-7-4-5-8(2)6-7;1-2/h1-3,9,11H,4-8H2;4-7H,3H2,1-2H3;2-4H,1H3;7H,3-6H2,1-2H3;1-2H3. The van der Waals surface area contributed by atoms with Crippen LogP contribution in [-0.4, -0.2) is 68.6 Å². The minimum absolute atomic E-state index is 0.461. The van der Waals surface area contributed by atoms with Crippen LogP contribution in [0, 0.1) is 31.1 Å². The molecule has 0 N–H and O–H groups in total. The number of aryl methyl sites for hydroxylation is 3. The molecule has 0 amide bonds. The summed E-state index contributed by atoms with van der Waals surface area (Å²) >= 11 is 5.71. The Kier molecular flexibility index (Phi) is 20.2. The Balaban J connectivity index is 0.000000288. The van der Waals surface area contributed by atoms with E-state index in [-0.39, 0.29) is 0 Å². The Morgan fingerprint density at radius 3 is 2.21 bits per heavy atom. The summed E-state index contributed by atoms with van der Waals surface area (Å²) in [5.41, 5.74) is 5.27. The zero-order chi connectivity index (χ0) is 32.0. The molecule has 0 bridgehead atoms. The van der Waals surface area contributed by atoms with Crippen LogP contribution in [0.1, 0.15) is 69.2 Å². The summed E-state index contributed by atoms with van der Waals surface area (Å²) in [6, 6.07) is 16.3. The highest BCUT2D eigenvalue weighted by Gasteiger charge is 2.19. The van der Waals surface area contributed by atoms with Crippen molar-refractivity contribution in [2.24, 2.45) is 5.92 Å². The summed E-state index contributed by atoms with van der Waals surface area (Å²) in [5, 5.41) is 9.00. The first kappa shape index (κ1) is 38.3. The van der Waals surface area contributed by atoms with Gasteiger partial charge in [-0.2, -0.15) is 5.26 Å². The second-order valence-corrected chi connectivity index (χ2v) is 11.2. The van der Waals surface area contributed by atoms with Crippen LogP contribution in [-0.2, 0) is 16.0 Å². The molecule has 2 fully saturated rings. The number of carbonyl (C=O) groups excluding carboxylic acids is 1. The van der Waals surface area contributed by atoms with Crippen molar-refractivity contribution in [3.8, 4) is 6.07 Å². The number of nitriles is 1. The van der Waals surface area contributed by atoms with Gasteiger partial charge in [-0.3, -0.25) is 9.69 Å². The van der Waals surface area contributed by atoms with E-state index in [1.807, 2.05) is 45.1 Å². The minimum atomic E-state index is 0.461. The van der Waals surface area contributed by atoms with E-state index in [1.54, 1.807) is 12.1 Å². The smallest absolute Gasteiger partial charge is 0.149 e. The van der Waals surface area contributed by atoms with E-state index < -0.39 is 0 Å². The van der Waals surface area contributed by atoms with Gasteiger partial charge >= 0.3 is 0 Å². The van der Waals surface area contributed by atoms with Gasteiger partial charge in [0.15, 0.2) is 0 Å². The highest BCUT2D eigenvalue weighted by Crippen LogP contribution is 2.17. The number of allylic oxidation sites excluding steroid dienone is 2. The third-order valence-corrected chi connectivity index (χ3v) is 8.02. The van der Waals surface area contributed by atoms with E-state index >= 15 is 0 Å². The predicted molar refractivity (Wildman–Crippen MR) is 183 cm³/mol. The van der Waals surface area contributed by atoms with Crippen LogP contribution >= 0.6 is 11.6 Å². The van der Waals surface area contributed by atoms with Crippen molar-refractivity contribution in [2.75, 3.05) is 46.4 Å². The fraction of sp³-hybridized carbons (Fsp3) is 0.514. The molecule has 2 unspecified atom stereocenters. The number of ether oxygens (including phenoxy) is 1. The van der Waals surface area contributed by atoms with Crippen molar-refractivity contribution in [1.82, 2.24) is 9.80 Å². The normalized spacial score (nSPS) is 19.4. The number of aldehydes is 1. The van der Waals surface area contributed by atoms with Gasteiger partial charge in [-0.25, -0.2) is 0 Å². The number of benzene rings is 2. The molecule has 2 atom stereocenters. The molecule has 0 aromatic heterocycles. The number of hydrogen-bond donors (Lipinski definition) is 0. The van der Waals surface area contributed by atoms with E-state index in [0.29, 0.717) is 16.6 Å². The SMILES string of the molecule is CC.CCC1CCN(C)C1.CCc1ccccc1C.Cc1ccc(C#N)c(Cl)c1.O=CC1=CCC(N2CCOCC2)C=C1. The first-order valence-corrected chi connectivity index (χ1v) is 16.2. The number of rotatable bonds is 4. The van der Waals surface area contributed by atoms with E-state index in [1.165, 1.54) is 37.1 Å². The summed E-state index contributed by atoms with van der Waals surface area (Å²) in [6.07, 6.45) is 11.8. The number of hydrogen-bond acceptors (Lipinski definition) is 5. The lowest BCUT2D eigenvalue weighted by Gasteiger charge is -2.33. The third kappa shape index (κ3) is 15.0. The molecular formula is C37H54ClN3O2. The molecule has 2 heterocycles. The van der Waals surface area contributed by atoms with Gasteiger partial charge < -0.3 is 9.64 Å². The Labute approximate surface area is 267 Å². The van der Waals surface area contributed by atoms with Gasteiger partial charge in [0.25, 0.3) is 0 Å². The molecule has 0 spiro atoms. The maximum absolute atomic E-state index is 10.5. The molecule has 2 saturated heterocycles. The Morgan fingerprint density at radius 1 is 1.07 bits per heavy atom. The van der Waals surface area contributed by atoms with Gasteiger partial charge in [0.05, 0.1) is 23.8 Å². The molecule has 3 aliphatic rings. The lowest BCUT2D eigenvalue weighted by Crippen LogP contribution is -2.42. The topological polar surface area (TPSA) is 56.6 Å². The van der Waals surface area contributed by atoms with E-state index in [4.69, 9.17) is 21.6 Å². The monoisotopic (exact) mass is 607 g/mol. The van der Waals surface area contributed by atoms with Gasteiger partial charge in [-0.1, -0.05) is 94.3 Å². The third-order valence-electron chi connectivity index (χ3n) is 7.71. The molecule has 2 aromatic carbocycles. The molecule has 1 aliphatic carbocycles. The number of morpholine rings is 1. The average molecular weight is 608 g/mol. The van der Waals surface area contributed by atoms with Crippen LogP contribution in [0.15, 0.2) is 66.3 Å². The van der Waals surface area contributed by atoms with Crippen LogP contribution in [0.2, 0.25) is 5.02 Å². The number of nitrogens with zero attached hydrogens (tertiary/aromatic N) is 3. The van der Waals surface area contributed by atoms with Crippen LogP contribution < -0.4 is 0 Å². The highest BCUT2D eigenvalue weighted by molar-refractivity contribution is 6.31. The van der Waals surface area contributed by atoms with Gasteiger partial charge in [-0.05, 0) is 81.4 Å². The van der Waals surface area contributed by atoms with Gasteiger partial charge in [0.2, 0.25) is 0 Å². The van der Waals surface area contributed by atoms with Crippen molar-refractivity contribution in [3.63, 3.8) is 0 Å². The molecular weight excluding hydrogens is 554 g/mol. The highest BCUT2D eigenvalue weighted by atomic mass is 35.5. The van der Waals surface area contributed by atoms with Crippen LogP contribution in [0.3, 0.4) is 0 Å². The Bertz CT molecular complexity index is 1160. The molecule has 2 aromatic rings. The zero-order valence-electron chi connectivity index (χ0n) is 27.6. The van der Waals surface area contributed by atoms with E-state index in [9.17, 15) is 4.79 Å². The van der Waals surface area contributed by atoms with Gasteiger partial charge in [-0.15, -0.1) is 0 Å². The molecule has 2 aliphatic heterocycles.